The maximum atomic E-state index is 12.7. The molecule has 0 aliphatic rings. The van der Waals surface area contributed by atoms with Gasteiger partial charge in [0, 0.05) is 11.4 Å². The Kier molecular flexibility index (Phi) is 5.64. The summed E-state index contributed by atoms with van der Waals surface area (Å²) in [5, 5.41) is 8.89. The monoisotopic (exact) mass is 288 g/mol. The Morgan fingerprint density at radius 3 is 2.74 bits per heavy atom. The maximum absolute atomic E-state index is 12.7. The Bertz CT molecular complexity index is 515. The first-order valence-corrected chi connectivity index (χ1v) is 5.99. The summed E-state index contributed by atoms with van der Waals surface area (Å²) in [5.41, 5.74) is -0.396. The van der Waals surface area contributed by atoms with Crippen LogP contribution in [0.3, 0.4) is 0 Å². The van der Waals surface area contributed by atoms with Crippen molar-refractivity contribution in [1.29, 1.82) is 5.26 Å². The number of aromatic nitrogens is 1. The van der Waals surface area contributed by atoms with E-state index in [9.17, 15) is 13.6 Å². The Morgan fingerprint density at radius 2 is 2.26 bits per heavy atom. The second-order valence-electron chi connectivity index (χ2n) is 3.57. The summed E-state index contributed by atoms with van der Waals surface area (Å²) in [6.07, 6.45) is -3.02. The minimum Gasteiger partial charge on any atom is -0.466 e. The molecule has 0 aliphatic heterocycles. The van der Waals surface area contributed by atoms with Gasteiger partial charge in [-0.3, -0.25) is 4.79 Å². The molecule has 0 N–H and O–H groups in total. The van der Waals surface area contributed by atoms with Crippen LogP contribution in [-0.4, -0.2) is 17.6 Å². The van der Waals surface area contributed by atoms with Crippen LogP contribution >= 0.6 is 11.6 Å². The summed E-state index contributed by atoms with van der Waals surface area (Å²) in [4.78, 5) is 14.9. The van der Waals surface area contributed by atoms with E-state index in [2.05, 4.69) is 4.98 Å². The first-order valence-electron chi connectivity index (χ1n) is 5.46. The van der Waals surface area contributed by atoms with E-state index in [0.29, 0.717) is 0 Å². The largest absolute Gasteiger partial charge is 0.466 e. The molecular formula is C12H11ClF2N2O2. The van der Waals surface area contributed by atoms with E-state index in [0.717, 1.165) is 0 Å². The highest BCUT2D eigenvalue weighted by atomic mass is 35.5. The van der Waals surface area contributed by atoms with Crippen LogP contribution in [0.25, 0.3) is 0 Å². The normalized spacial score (nSPS) is 10.3. The highest BCUT2D eigenvalue weighted by Crippen LogP contribution is 2.25. The van der Waals surface area contributed by atoms with E-state index in [1.165, 1.54) is 6.07 Å². The summed E-state index contributed by atoms with van der Waals surface area (Å²) >= 11 is 5.57. The summed E-state index contributed by atoms with van der Waals surface area (Å²) in [5.74, 6) is -0.722. The SMILES string of the molecule is CCOC(=O)Cc1cc(CCl)c(C(F)F)nc1C#N. The zero-order valence-electron chi connectivity index (χ0n) is 10.1. The molecular weight excluding hydrogens is 278 g/mol. The molecule has 0 fully saturated rings. The summed E-state index contributed by atoms with van der Waals surface area (Å²) in [6.45, 7) is 1.84. The van der Waals surface area contributed by atoms with Crippen molar-refractivity contribution in [2.75, 3.05) is 6.61 Å². The topological polar surface area (TPSA) is 63.0 Å². The van der Waals surface area contributed by atoms with E-state index < -0.39 is 18.1 Å². The standard InChI is InChI=1S/C12H11ClF2N2O2/c1-2-19-10(18)4-7-3-8(5-13)11(12(14)15)17-9(7)6-16/h3,12H,2,4-5H2,1H3. The number of hydrogen-bond donors (Lipinski definition) is 0. The minimum absolute atomic E-state index is 0.106. The van der Waals surface area contributed by atoms with Gasteiger partial charge in [-0.2, -0.15) is 5.26 Å². The Hall–Kier alpha value is -1.74. The van der Waals surface area contributed by atoms with Crippen molar-refractivity contribution in [1.82, 2.24) is 4.98 Å². The molecule has 102 valence electrons. The van der Waals surface area contributed by atoms with E-state index in [1.807, 2.05) is 0 Å². The van der Waals surface area contributed by atoms with Crippen molar-refractivity contribution in [2.24, 2.45) is 0 Å². The Morgan fingerprint density at radius 1 is 1.58 bits per heavy atom. The van der Waals surface area contributed by atoms with Crippen LogP contribution in [0.1, 0.15) is 35.9 Å². The van der Waals surface area contributed by atoms with Gasteiger partial charge in [0.15, 0.2) is 0 Å². The van der Waals surface area contributed by atoms with Crippen LogP contribution < -0.4 is 0 Å². The Balaban J connectivity index is 3.18. The van der Waals surface area contributed by atoms with Crippen LogP contribution in [0.4, 0.5) is 8.78 Å². The lowest BCUT2D eigenvalue weighted by Crippen LogP contribution is -2.11. The van der Waals surface area contributed by atoms with Gasteiger partial charge >= 0.3 is 5.97 Å². The third kappa shape index (κ3) is 3.86. The fourth-order valence-corrected chi connectivity index (χ4v) is 1.73. The molecule has 0 radical (unpaired) electrons. The molecule has 0 aliphatic carbocycles. The highest BCUT2D eigenvalue weighted by Gasteiger charge is 2.19. The lowest BCUT2D eigenvalue weighted by Gasteiger charge is -2.10. The smallest absolute Gasteiger partial charge is 0.310 e. The first kappa shape index (κ1) is 15.3. The lowest BCUT2D eigenvalue weighted by molar-refractivity contribution is -0.142. The summed E-state index contributed by atoms with van der Waals surface area (Å²) in [6, 6.07) is 3.00. The van der Waals surface area contributed by atoms with E-state index in [-0.39, 0.29) is 35.7 Å². The van der Waals surface area contributed by atoms with Crippen LogP contribution in [0.15, 0.2) is 6.07 Å². The summed E-state index contributed by atoms with van der Waals surface area (Å²) in [7, 11) is 0. The van der Waals surface area contributed by atoms with Gasteiger partial charge in [0.1, 0.15) is 17.5 Å². The van der Waals surface area contributed by atoms with Gasteiger partial charge in [-0.1, -0.05) is 0 Å². The number of pyridine rings is 1. The van der Waals surface area contributed by atoms with E-state index >= 15 is 0 Å². The molecule has 19 heavy (non-hydrogen) atoms. The van der Waals surface area contributed by atoms with Gasteiger partial charge in [0.2, 0.25) is 0 Å². The molecule has 1 aromatic rings. The van der Waals surface area contributed by atoms with Gasteiger partial charge in [0.25, 0.3) is 6.43 Å². The number of carbonyl (C=O) groups is 1. The molecule has 0 unspecified atom stereocenters. The van der Waals surface area contributed by atoms with Gasteiger partial charge in [0.05, 0.1) is 13.0 Å². The first-order chi connectivity index (χ1) is 9.03. The van der Waals surface area contributed by atoms with Crippen molar-refractivity contribution in [2.45, 2.75) is 25.7 Å². The average Bonchev–Trinajstić information content (AvgIpc) is 2.38. The van der Waals surface area contributed by atoms with E-state index in [4.69, 9.17) is 21.6 Å². The third-order valence-electron chi connectivity index (χ3n) is 2.31. The zero-order chi connectivity index (χ0) is 14.4. The molecule has 1 heterocycles. The number of halogens is 3. The lowest BCUT2D eigenvalue weighted by atomic mass is 10.1. The number of carbonyl (C=O) groups excluding carboxylic acids is 1. The van der Waals surface area contributed by atoms with Gasteiger partial charge in [-0.15, -0.1) is 11.6 Å². The zero-order valence-corrected chi connectivity index (χ0v) is 10.9. The van der Waals surface area contributed by atoms with Gasteiger partial charge < -0.3 is 4.74 Å². The average molecular weight is 289 g/mol. The molecule has 0 bridgehead atoms. The molecule has 0 saturated heterocycles. The van der Waals surface area contributed by atoms with E-state index in [1.54, 1.807) is 13.0 Å². The number of nitrogens with zero attached hydrogens (tertiary/aromatic N) is 2. The van der Waals surface area contributed by atoms with Gasteiger partial charge in [-0.25, -0.2) is 13.8 Å². The molecule has 1 rings (SSSR count). The fourth-order valence-electron chi connectivity index (χ4n) is 1.51. The second-order valence-corrected chi connectivity index (χ2v) is 3.84. The predicted octanol–water partition coefficient (Wildman–Crippen LogP) is 2.74. The van der Waals surface area contributed by atoms with Crippen molar-refractivity contribution >= 4 is 17.6 Å². The number of alkyl halides is 3. The quantitative estimate of drug-likeness (QED) is 0.617. The molecule has 0 amide bonds. The number of ether oxygens (including phenoxy) is 1. The van der Waals surface area contributed by atoms with Crippen molar-refractivity contribution < 1.29 is 18.3 Å². The second kappa shape index (κ2) is 7.00. The number of nitriles is 1. The molecule has 1 aromatic heterocycles. The van der Waals surface area contributed by atoms with Crippen molar-refractivity contribution in [3.05, 3.63) is 28.6 Å². The van der Waals surface area contributed by atoms with Gasteiger partial charge in [-0.05, 0) is 18.6 Å². The van der Waals surface area contributed by atoms with Crippen LogP contribution in [0.2, 0.25) is 0 Å². The minimum atomic E-state index is -2.82. The molecule has 0 spiro atoms. The highest BCUT2D eigenvalue weighted by molar-refractivity contribution is 6.17. The van der Waals surface area contributed by atoms with Crippen LogP contribution in [0.5, 0.6) is 0 Å². The molecule has 0 atom stereocenters. The number of hydrogen-bond acceptors (Lipinski definition) is 4. The number of esters is 1. The molecule has 4 nitrogen and oxygen atoms in total. The third-order valence-corrected chi connectivity index (χ3v) is 2.60. The van der Waals surface area contributed by atoms with Crippen molar-refractivity contribution in [3.63, 3.8) is 0 Å². The Labute approximate surface area is 114 Å². The molecule has 0 aromatic carbocycles. The fraction of sp³-hybridized carbons (Fsp3) is 0.417. The molecule has 0 saturated carbocycles. The summed E-state index contributed by atoms with van der Waals surface area (Å²) < 4.78 is 30.2. The maximum Gasteiger partial charge on any atom is 0.310 e. The molecule has 7 heteroatoms. The predicted molar refractivity (Wildman–Crippen MR) is 63.8 cm³/mol. The number of rotatable bonds is 5. The van der Waals surface area contributed by atoms with Crippen LogP contribution in [-0.2, 0) is 21.8 Å². The van der Waals surface area contributed by atoms with Crippen molar-refractivity contribution in [3.8, 4) is 6.07 Å². The van der Waals surface area contributed by atoms with Crippen LogP contribution in [0, 0.1) is 11.3 Å².